The Bertz CT molecular complexity index is 1620. The van der Waals surface area contributed by atoms with Crippen LogP contribution in [0.15, 0.2) is 33.5 Å². The van der Waals surface area contributed by atoms with E-state index in [0.29, 0.717) is 0 Å². The molecule has 0 spiro atoms. The first-order valence-corrected chi connectivity index (χ1v) is 13.7. The Labute approximate surface area is 257 Å². The highest BCUT2D eigenvalue weighted by Crippen LogP contribution is 2.44. The van der Waals surface area contributed by atoms with Gasteiger partial charge in [0.25, 0.3) is 0 Å². The van der Waals surface area contributed by atoms with Crippen molar-refractivity contribution in [2.75, 3.05) is 20.3 Å². The van der Waals surface area contributed by atoms with Crippen molar-refractivity contribution in [3.05, 3.63) is 34.5 Å². The van der Waals surface area contributed by atoms with Crippen molar-refractivity contribution >= 4 is 11.0 Å². The first-order valence-electron chi connectivity index (χ1n) is 13.7. The Kier molecular flexibility index (Phi) is 9.47. The highest BCUT2D eigenvalue weighted by atomic mass is 16.7. The number of rotatable bonds is 8. The second-order valence-electron chi connectivity index (χ2n) is 10.6. The van der Waals surface area contributed by atoms with Crippen LogP contribution in [0.3, 0.4) is 0 Å². The molecule has 0 unspecified atom stereocenters. The summed E-state index contributed by atoms with van der Waals surface area (Å²) in [7, 11) is 1.11. The molecule has 2 aliphatic rings. The van der Waals surface area contributed by atoms with E-state index in [9.17, 15) is 61.0 Å². The average molecular weight is 657 g/mol. The lowest BCUT2D eigenvalue weighted by Gasteiger charge is -2.42. The molecule has 11 N–H and O–H groups in total. The summed E-state index contributed by atoms with van der Waals surface area (Å²) < 4.78 is 32.7. The van der Waals surface area contributed by atoms with Gasteiger partial charge in [-0.25, -0.2) is 0 Å². The lowest BCUT2D eigenvalue weighted by atomic mass is 9.98. The minimum absolute atomic E-state index is 0.0764. The summed E-state index contributed by atoms with van der Waals surface area (Å²) in [5.74, 6) is -4.32. The van der Waals surface area contributed by atoms with Crippen molar-refractivity contribution in [2.45, 2.75) is 61.4 Å². The van der Waals surface area contributed by atoms with Crippen LogP contribution in [0.4, 0.5) is 0 Å². The predicted molar refractivity (Wildman–Crippen MR) is 148 cm³/mol. The molecule has 10 atom stereocenters. The third-order valence-electron chi connectivity index (χ3n) is 7.67. The van der Waals surface area contributed by atoms with Gasteiger partial charge in [0.05, 0.1) is 20.3 Å². The fourth-order valence-electron chi connectivity index (χ4n) is 5.11. The molecular weight excluding hydrogens is 624 g/mol. The summed E-state index contributed by atoms with van der Waals surface area (Å²) >= 11 is 0. The first-order chi connectivity index (χ1) is 21.8. The van der Waals surface area contributed by atoms with Gasteiger partial charge in [0.15, 0.2) is 35.0 Å². The monoisotopic (exact) mass is 656 g/mol. The van der Waals surface area contributed by atoms with Gasteiger partial charge in [-0.05, 0) is 18.2 Å². The Morgan fingerprint density at radius 2 is 1.37 bits per heavy atom. The van der Waals surface area contributed by atoms with Crippen molar-refractivity contribution in [3.63, 3.8) is 0 Å². The number of fused-ring (bicyclic) bond motifs is 1. The molecule has 0 radical (unpaired) electrons. The van der Waals surface area contributed by atoms with E-state index in [1.165, 1.54) is 6.07 Å². The second kappa shape index (κ2) is 13.0. The van der Waals surface area contributed by atoms with Gasteiger partial charge in [-0.15, -0.1) is 0 Å². The van der Waals surface area contributed by atoms with Gasteiger partial charge in [-0.1, -0.05) is 0 Å². The molecule has 0 aliphatic carbocycles. The smallest absolute Gasteiger partial charge is 0.239 e. The number of ether oxygens (including phenoxy) is 5. The van der Waals surface area contributed by atoms with Crippen LogP contribution in [0.2, 0.25) is 0 Å². The van der Waals surface area contributed by atoms with E-state index in [1.807, 2.05) is 0 Å². The van der Waals surface area contributed by atoms with Crippen LogP contribution in [0.5, 0.6) is 34.5 Å². The second-order valence-corrected chi connectivity index (χ2v) is 10.6. The predicted octanol–water partition coefficient (Wildman–Crippen LogP) is -2.71. The van der Waals surface area contributed by atoms with Crippen molar-refractivity contribution in [3.8, 4) is 45.8 Å². The summed E-state index contributed by atoms with van der Waals surface area (Å²) in [5, 5.41) is 112. The van der Waals surface area contributed by atoms with Gasteiger partial charge in [0.1, 0.15) is 59.8 Å². The number of hydrogen-bond donors (Lipinski definition) is 11. The van der Waals surface area contributed by atoms with E-state index in [1.54, 1.807) is 0 Å². The quantitative estimate of drug-likeness (QED) is 0.110. The fraction of sp³-hybridized carbons (Fsp3) is 0.464. The summed E-state index contributed by atoms with van der Waals surface area (Å²) in [6, 6.07) is 4.22. The lowest BCUT2D eigenvalue weighted by Crippen LogP contribution is -2.62. The van der Waals surface area contributed by atoms with Crippen LogP contribution in [-0.2, 0) is 14.2 Å². The summed E-state index contributed by atoms with van der Waals surface area (Å²) in [6.07, 6.45) is -17.6. The van der Waals surface area contributed by atoms with Gasteiger partial charge < -0.3 is 84.3 Å². The zero-order valence-electron chi connectivity index (χ0n) is 23.8. The molecule has 2 aromatic carbocycles. The Morgan fingerprint density at radius 3 is 2.00 bits per heavy atom. The standard InChI is InChI=1S/C28H32O18/c1-41-25-11(32)5-12-15(18(25)35)19(36)26(24(43-12)8-2-3-9(30)10(31)4-8)46-28-23(40)21(38)17(34)14(45-28)7-42-27-22(39)20(37)16(33)13(6-29)44-27/h2-5,13-14,16-17,20-23,27-35,37-40H,6-7H2,1H3/t13-,14-,16+,17+,20+,21+,22-,23-,27-,28+/m1/s1. The lowest BCUT2D eigenvalue weighted by molar-refractivity contribution is -0.323. The number of phenols is 4. The third kappa shape index (κ3) is 5.86. The molecule has 3 heterocycles. The summed E-state index contributed by atoms with van der Waals surface area (Å²) in [4.78, 5) is 13.8. The highest BCUT2D eigenvalue weighted by Gasteiger charge is 2.48. The number of hydrogen-bond acceptors (Lipinski definition) is 18. The largest absolute Gasteiger partial charge is 0.504 e. The number of aliphatic hydroxyl groups excluding tert-OH is 7. The van der Waals surface area contributed by atoms with Gasteiger partial charge >= 0.3 is 0 Å². The van der Waals surface area contributed by atoms with Gasteiger partial charge in [0.2, 0.25) is 23.2 Å². The SMILES string of the molecule is COc1c(O)cc2oc(-c3ccc(O)c(O)c3)c(O[C@@H]3O[C@H](CO[C@@H]4O[C@H](CO)[C@H](O)[C@H](O)[C@H]4O)[C@H](O)[C@H](O)[C@H]3O)c(=O)c2c1O. The molecule has 2 aliphatic heterocycles. The maximum atomic E-state index is 13.8. The minimum atomic E-state index is -2.03. The van der Waals surface area contributed by atoms with Crippen LogP contribution in [0.25, 0.3) is 22.3 Å². The van der Waals surface area contributed by atoms with Crippen molar-refractivity contribution in [1.29, 1.82) is 0 Å². The van der Waals surface area contributed by atoms with Crippen molar-refractivity contribution in [2.24, 2.45) is 0 Å². The Balaban J connectivity index is 1.50. The van der Waals surface area contributed by atoms with Crippen LogP contribution in [0, 0.1) is 0 Å². The van der Waals surface area contributed by atoms with E-state index in [-0.39, 0.29) is 11.1 Å². The van der Waals surface area contributed by atoms with Crippen LogP contribution in [-0.4, -0.2) is 138 Å². The topological polar surface area (TPSA) is 299 Å². The van der Waals surface area contributed by atoms with E-state index in [4.69, 9.17) is 28.1 Å². The maximum absolute atomic E-state index is 13.8. The zero-order valence-corrected chi connectivity index (χ0v) is 23.8. The summed E-state index contributed by atoms with van der Waals surface area (Å²) in [5.41, 5.74) is -1.56. The average Bonchev–Trinajstić information content (AvgIpc) is 3.02. The molecule has 252 valence electrons. The minimum Gasteiger partial charge on any atom is -0.504 e. The number of phenolic OH excluding ortho intramolecular Hbond substituents is 4. The molecule has 0 saturated carbocycles. The van der Waals surface area contributed by atoms with E-state index in [2.05, 4.69) is 0 Å². The highest BCUT2D eigenvalue weighted by molar-refractivity contribution is 5.91. The maximum Gasteiger partial charge on any atom is 0.239 e. The number of benzene rings is 2. The molecule has 3 aromatic rings. The van der Waals surface area contributed by atoms with Gasteiger partial charge in [-0.3, -0.25) is 4.79 Å². The Hall–Kier alpha value is -3.95. The molecule has 18 heteroatoms. The van der Waals surface area contributed by atoms with Gasteiger partial charge in [0, 0.05) is 11.6 Å². The van der Waals surface area contributed by atoms with Crippen molar-refractivity contribution in [1.82, 2.24) is 0 Å². The van der Waals surface area contributed by atoms with E-state index < -0.39 is 126 Å². The molecule has 2 fully saturated rings. The number of aromatic hydroxyl groups is 4. The van der Waals surface area contributed by atoms with E-state index >= 15 is 0 Å². The molecule has 0 amide bonds. The number of aliphatic hydroxyl groups is 7. The zero-order chi connectivity index (χ0) is 33.6. The molecule has 46 heavy (non-hydrogen) atoms. The van der Waals surface area contributed by atoms with Crippen LogP contribution < -0.4 is 14.9 Å². The van der Waals surface area contributed by atoms with Gasteiger partial charge in [-0.2, -0.15) is 0 Å². The molecule has 5 rings (SSSR count). The van der Waals surface area contributed by atoms with Crippen molar-refractivity contribution < 1.29 is 84.3 Å². The normalized spacial score (nSPS) is 31.6. The molecular formula is C28H32O18. The third-order valence-corrected chi connectivity index (χ3v) is 7.67. The number of methoxy groups -OCH3 is 1. The fourth-order valence-corrected chi connectivity index (χ4v) is 5.11. The van der Waals surface area contributed by atoms with Crippen LogP contribution in [0.1, 0.15) is 0 Å². The summed E-state index contributed by atoms with van der Waals surface area (Å²) in [6.45, 7) is -1.44. The molecule has 18 nitrogen and oxygen atoms in total. The van der Waals surface area contributed by atoms with E-state index in [0.717, 1.165) is 25.3 Å². The Morgan fingerprint density at radius 1 is 0.739 bits per heavy atom. The molecule has 2 saturated heterocycles. The first kappa shape index (κ1) is 33.4. The van der Waals surface area contributed by atoms with Crippen LogP contribution >= 0.6 is 0 Å². The molecule has 0 bridgehead atoms. The molecule has 1 aromatic heterocycles.